The van der Waals surface area contributed by atoms with E-state index in [4.69, 9.17) is 9.15 Å². The zero-order valence-corrected chi connectivity index (χ0v) is 17.6. The minimum absolute atomic E-state index is 0.174. The van der Waals surface area contributed by atoms with Crippen molar-refractivity contribution in [2.24, 2.45) is 0 Å². The minimum atomic E-state index is -0.435. The number of benzene rings is 2. The lowest BCUT2D eigenvalue weighted by molar-refractivity contribution is 0.0913. The molecule has 4 aromatic rings. The third-order valence-corrected chi connectivity index (χ3v) is 5.25. The lowest BCUT2D eigenvalue weighted by Gasteiger charge is -2.18. The predicted molar refractivity (Wildman–Crippen MR) is 120 cm³/mol. The summed E-state index contributed by atoms with van der Waals surface area (Å²) >= 11 is 0. The number of furan rings is 1. The first-order valence-electron chi connectivity index (χ1n) is 10.4. The van der Waals surface area contributed by atoms with Gasteiger partial charge in [-0.3, -0.25) is 4.79 Å². The number of aliphatic hydroxyl groups is 1. The SMILES string of the molecule is CCOc1ccc(-c2ccc(C)o2)cc1C(=O)N[C@@H](CO)Cc1c[nH]c2ccccc12. The number of carbonyl (C=O) groups is 1. The number of aryl methyl sites for hydroxylation is 1. The molecule has 0 saturated heterocycles. The Labute approximate surface area is 180 Å². The van der Waals surface area contributed by atoms with Gasteiger partial charge in [-0.15, -0.1) is 0 Å². The number of ether oxygens (including phenoxy) is 1. The number of rotatable bonds is 8. The maximum Gasteiger partial charge on any atom is 0.255 e. The van der Waals surface area contributed by atoms with Crippen molar-refractivity contribution < 1.29 is 19.1 Å². The van der Waals surface area contributed by atoms with Crippen LogP contribution in [0, 0.1) is 6.92 Å². The number of aromatic amines is 1. The van der Waals surface area contributed by atoms with Crippen molar-refractivity contribution in [3.05, 3.63) is 77.7 Å². The summed E-state index contributed by atoms with van der Waals surface area (Å²) in [7, 11) is 0. The molecule has 2 heterocycles. The second-order valence-corrected chi connectivity index (χ2v) is 7.47. The Kier molecular flexibility index (Phi) is 6.09. The number of aliphatic hydroxyl groups excluding tert-OH is 1. The normalized spacial score (nSPS) is 12.1. The third kappa shape index (κ3) is 4.49. The van der Waals surface area contributed by atoms with Crippen molar-refractivity contribution in [2.75, 3.05) is 13.2 Å². The summed E-state index contributed by atoms with van der Waals surface area (Å²) < 4.78 is 11.4. The van der Waals surface area contributed by atoms with E-state index >= 15 is 0 Å². The Morgan fingerprint density at radius 3 is 2.77 bits per heavy atom. The van der Waals surface area contributed by atoms with E-state index in [2.05, 4.69) is 10.3 Å². The highest BCUT2D eigenvalue weighted by atomic mass is 16.5. The first-order chi connectivity index (χ1) is 15.1. The monoisotopic (exact) mass is 418 g/mol. The average molecular weight is 418 g/mol. The summed E-state index contributed by atoms with van der Waals surface area (Å²) in [5.74, 6) is 1.68. The molecule has 0 aliphatic rings. The zero-order chi connectivity index (χ0) is 21.8. The fraction of sp³-hybridized carbons (Fsp3) is 0.240. The van der Waals surface area contributed by atoms with E-state index < -0.39 is 6.04 Å². The average Bonchev–Trinajstić information content (AvgIpc) is 3.40. The first kappa shape index (κ1) is 20.8. The molecular weight excluding hydrogens is 392 g/mol. The Bertz CT molecular complexity index is 1190. The van der Waals surface area contributed by atoms with Crippen LogP contribution >= 0.6 is 0 Å². The van der Waals surface area contributed by atoms with Crippen LogP contribution in [0.3, 0.4) is 0 Å². The minimum Gasteiger partial charge on any atom is -0.493 e. The smallest absolute Gasteiger partial charge is 0.255 e. The van der Waals surface area contributed by atoms with Gasteiger partial charge in [-0.1, -0.05) is 18.2 Å². The second-order valence-electron chi connectivity index (χ2n) is 7.47. The van der Waals surface area contributed by atoms with Gasteiger partial charge in [-0.2, -0.15) is 0 Å². The topological polar surface area (TPSA) is 87.5 Å². The number of hydrogen-bond acceptors (Lipinski definition) is 4. The van der Waals surface area contributed by atoms with Crippen LogP contribution in [-0.2, 0) is 6.42 Å². The number of amides is 1. The van der Waals surface area contributed by atoms with Gasteiger partial charge < -0.3 is 24.6 Å². The van der Waals surface area contributed by atoms with E-state index in [0.717, 1.165) is 27.8 Å². The Hall–Kier alpha value is -3.51. The van der Waals surface area contributed by atoms with Crippen LogP contribution in [0.4, 0.5) is 0 Å². The molecule has 0 bridgehead atoms. The molecule has 0 saturated carbocycles. The largest absolute Gasteiger partial charge is 0.493 e. The van der Waals surface area contributed by atoms with E-state index in [0.29, 0.717) is 30.1 Å². The molecule has 6 heteroatoms. The molecule has 0 radical (unpaired) electrons. The van der Waals surface area contributed by atoms with E-state index in [1.54, 1.807) is 12.1 Å². The Morgan fingerprint density at radius 2 is 2.03 bits per heavy atom. The van der Waals surface area contributed by atoms with Gasteiger partial charge >= 0.3 is 0 Å². The first-order valence-corrected chi connectivity index (χ1v) is 10.4. The van der Waals surface area contributed by atoms with Crippen LogP contribution in [0.1, 0.15) is 28.6 Å². The van der Waals surface area contributed by atoms with Crippen LogP contribution in [0.2, 0.25) is 0 Å². The predicted octanol–water partition coefficient (Wildman–Crippen LogP) is 4.47. The van der Waals surface area contributed by atoms with Crippen LogP contribution in [0.5, 0.6) is 5.75 Å². The van der Waals surface area contributed by atoms with Gasteiger partial charge in [0.1, 0.15) is 17.3 Å². The van der Waals surface area contributed by atoms with E-state index in [-0.39, 0.29) is 12.5 Å². The molecular formula is C25H26N2O4. The summed E-state index contributed by atoms with van der Waals surface area (Å²) in [4.78, 5) is 16.4. The van der Waals surface area contributed by atoms with Gasteiger partial charge in [0.2, 0.25) is 0 Å². The molecule has 6 nitrogen and oxygen atoms in total. The maximum absolute atomic E-state index is 13.1. The van der Waals surface area contributed by atoms with Crippen molar-refractivity contribution in [1.82, 2.24) is 10.3 Å². The highest BCUT2D eigenvalue weighted by Gasteiger charge is 2.20. The quantitative estimate of drug-likeness (QED) is 0.394. The van der Waals surface area contributed by atoms with Crippen molar-refractivity contribution in [3.8, 4) is 17.1 Å². The molecule has 3 N–H and O–H groups in total. The number of fused-ring (bicyclic) bond motifs is 1. The van der Waals surface area contributed by atoms with Crippen molar-refractivity contribution in [3.63, 3.8) is 0 Å². The molecule has 1 atom stereocenters. The molecule has 31 heavy (non-hydrogen) atoms. The molecule has 0 aliphatic carbocycles. The van der Waals surface area contributed by atoms with Crippen molar-refractivity contribution in [2.45, 2.75) is 26.3 Å². The molecule has 0 spiro atoms. The zero-order valence-electron chi connectivity index (χ0n) is 17.6. The van der Waals surface area contributed by atoms with Gasteiger partial charge in [-0.05, 0) is 62.2 Å². The summed E-state index contributed by atoms with van der Waals surface area (Å²) in [6.45, 7) is 4.02. The number of aromatic nitrogens is 1. The number of para-hydroxylation sites is 1. The van der Waals surface area contributed by atoms with E-state index in [1.807, 2.05) is 62.5 Å². The lowest BCUT2D eigenvalue weighted by Crippen LogP contribution is -2.39. The Balaban J connectivity index is 1.58. The summed E-state index contributed by atoms with van der Waals surface area (Å²) in [5.41, 5.74) is 3.27. The van der Waals surface area contributed by atoms with Gasteiger partial charge in [-0.25, -0.2) is 0 Å². The van der Waals surface area contributed by atoms with Crippen LogP contribution in [0.15, 0.2) is 65.2 Å². The highest BCUT2D eigenvalue weighted by molar-refractivity contribution is 5.98. The molecule has 0 aliphatic heterocycles. The maximum atomic E-state index is 13.1. The standard InChI is InChI=1S/C25H26N2O4/c1-3-30-24-11-9-17(23-10-8-16(2)31-23)13-21(24)25(29)27-19(15-28)12-18-14-26-22-7-5-4-6-20(18)22/h4-11,13-14,19,26,28H,3,12,15H2,1-2H3,(H,27,29)/t19-/m1/s1. The summed E-state index contributed by atoms with van der Waals surface area (Å²) in [5, 5.41) is 14.0. The molecule has 1 amide bonds. The van der Waals surface area contributed by atoms with Gasteiger partial charge in [0, 0.05) is 22.7 Å². The van der Waals surface area contributed by atoms with Crippen LogP contribution < -0.4 is 10.1 Å². The number of H-pyrrole nitrogens is 1. The molecule has 4 rings (SSSR count). The van der Waals surface area contributed by atoms with Gasteiger partial charge in [0.15, 0.2) is 0 Å². The fourth-order valence-electron chi connectivity index (χ4n) is 3.72. The number of carbonyl (C=O) groups excluding carboxylic acids is 1. The second kappa shape index (κ2) is 9.10. The third-order valence-electron chi connectivity index (χ3n) is 5.25. The molecule has 2 aromatic carbocycles. The number of hydrogen-bond donors (Lipinski definition) is 3. The molecule has 0 unspecified atom stereocenters. The van der Waals surface area contributed by atoms with E-state index in [9.17, 15) is 9.90 Å². The summed E-state index contributed by atoms with van der Waals surface area (Å²) in [6, 6.07) is 16.7. The summed E-state index contributed by atoms with van der Waals surface area (Å²) in [6.07, 6.45) is 2.43. The molecule has 2 aromatic heterocycles. The van der Waals surface area contributed by atoms with Crippen LogP contribution in [0.25, 0.3) is 22.2 Å². The lowest BCUT2D eigenvalue weighted by atomic mass is 10.0. The molecule has 160 valence electrons. The van der Waals surface area contributed by atoms with Gasteiger partial charge in [0.05, 0.1) is 24.8 Å². The van der Waals surface area contributed by atoms with Crippen LogP contribution in [-0.4, -0.2) is 35.3 Å². The van der Waals surface area contributed by atoms with E-state index in [1.165, 1.54) is 0 Å². The van der Waals surface area contributed by atoms with Crippen molar-refractivity contribution in [1.29, 1.82) is 0 Å². The highest BCUT2D eigenvalue weighted by Crippen LogP contribution is 2.28. The van der Waals surface area contributed by atoms with Gasteiger partial charge in [0.25, 0.3) is 5.91 Å². The van der Waals surface area contributed by atoms with Crippen molar-refractivity contribution >= 4 is 16.8 Å². The number of nitrogens with one attached hydrogen (secondary N) is 2. The fourth-order valence-corrected chi connectivity index (χ4v) is 3.72. The molecule has 0 fully saturated rings. The Morgan fingerprint density at radius 1 is 1.19 bits per heavy atom.